The highest BCUT2D eigenvalue weighted by Crippen LogP contribution is 2.24. The number of nitrogens with one attached hydrogen (secondary N) is 1. The molecule has 0 bridgehead atoms. The van der Waals surface area contributed by atoms with Crippen molar-refractivity contribution in [1.29, 1.82) is 0 Å². The maximum atomic E-state index is 12.3. The van der Waals surface area contributed by atoms with Gasteiger partial charge in [0.25, 0.3) is 5.91 Å². The number of aromatic nitrogens is 3. The van der Waals surface area contributed by atoms with Crippen LogP contribution in [-0.2, 0) is 19.4 Å². The third kappa shape index (κ3) is 2.18. The topological polar surface area (TPSA) is 73.0 Å². The van der Waals surface area contributed by atoms with Gasteiger partial charge in [-0.25, -0.2) is 4.98 Å². The van der Waals surface area contributed by atoms with E-state index in [9.17, 15) is 4.79 Å². The first-order valence-electron chi connectivity index (χ1n) is 6.19. The van der Waals surface area contributed by atoms with Crippen LogP contribution in [0.25, 0.3) is 0 Å². The number of imidazole rings is 1. The maximum absolute atomic E-state index is 12.3. The van der Waals surface area contributed by atoms with Crippen molar-refractivity contribution in [1.82, 2.24) is 14.5 Å². The molecule has 6 nitrogen and oxygen atoms in total. The number of aryl methyl sites for hydroxylation is 2. The van der Waals surface area contributed by atoms with Gasteiger partial charge in [0.05, 0.1) is 5.69 Å². The monoisotopic (exact) mass is 324 g/mol. The first-order chi connectivity index (χ1) is 9.19. The Labute approximate surface area is 118 Å². The lowest BCUT2D eigenvalue weighted by atomic mass is 10.3. The number of hydrogen-bond donors (Lipinski definition) is 1. The van der Waals surface area contributed by atoms with Crippen LogP contribution in [0.4, 0.5) is 6.01 Å². The molecule has 1 amide bonds. The van der Waals surface area contributed by atoms with Gasteiger partial charge in [0, 0.05) is 13.0 Å². The molecular weight excluding hydrogens is 312 g/mol. The average molecular weight is 325 g/mol. The molecule has 0 spiro atoms. The van der Waals surface area contributed by atoms with Crippen LogP contribution in [0.1, 0.15) is 35.4 Å². The standard InChI is InChI=1S/C12H13BrN4O2/c1-2-7-6-19-12(14-7)16-11(18)9-10(13)15-8-4-3-5-17(8)9/h6H,2-5H2,1H3,(H,14,16,18). The van der Waals surface area contributed by atoms with Crippen molar-refractivity contribution in [2.45, 2.75) is 32.7 Å². The summed E-state index contributed by atoms with van der Waals surface area (Å²) in [5, 5.41) is 2.66. The number of nitrogens with zero attached hydrogens (tertiary/aromatic N) is 3. The molecule has 1 aliphatic heterocycles. The molecule has 2 aromatic rings. The SMILES string of the molecule is CCc1coc(NC(=O)c2c(Br)nc3n2CCC3)n1. The van der Waals surface area contributed by atoms with Gasteiger partial charge in [-0.2, -0.15) is 4.98 Å². The third-order valence-corrected chi connectivity index (χ3v) is 3.69. The summed E-state index contributed by atoms with van der Waals surface area (Å²) in [7, 11) is 0. The Morgan fingerprint density at radius 3 is 3.16 bits per heavy atom. The van der Waals surface area contributed by atoms with Crippen LogP contribution in [0, 0.1) is 0 Å². The summed E-state index contributed by atoms with van der Waals surface area (Å²) in [5.41, 5.74) is 1.34. The molecule has 1 aliphatic rings. The first kappa shape index (κ1) is 12.4. The predicted molar refractivity (Wildman–Crippen MR) is 72.1 cm³/mol. The van der Waals surface area contributed by atoms with Gasteiger partial charge in [-0.1, -0.05) is 6.92 Å². The minimum atomic E-state index is -0.253. The molecule has 0 saturated heterocycles. The van der Waals surface area contributed by atoms with Crippen molar-refractivity contribution < 1.29 is 9.21 Å². The summed E-state index contributed by atoms with van der Waals surface area (Å²) in [5.74, 6) is 0.690. The lowest BCUT2D eigenvalue weighted by molar-refractivity contribution is 0.101. The van der Waals surface area contributed by atoms with Gasteiger partial charge in [-0.3, -0.25) is 10.1 Å². The van der Waals surface area contributed by atoms with E-state index in [2.05, 4.69) is 31.2 Å². The van der Waals surface area contributed by atoms with E-state index in [-0.39, 0.29) is 11.9 Å². The Balaban J connectivity index is 1.84. The second-order valence-corrected chi connectivity index (χ2v) is 5.13. The van der Waals surface area contributed by atoms with E-state index in [1.54, 1.807) is 6.26 Å². The molecular formula is C12H13BrN4O2. The number of carbonyl (C=O) groups is 1. The molecule has 3 rings (SSSR count). The fourth-order valence-corrected chi connectivity index (χ4v) is 2.79. The number of halogens is 1. The number of oxazole rings is 1. The third-order valence-electron chi connectivity index (χ3n) is 3.14. The minimum absolute atomic E-state index is 0.224. The lowest BCUT2D eigenvalue weighted by Crippen LogP contribution is -2.17. The molecule has 19 heavy (non-hydrogen) atoms. The fraction of sp³-hybridized carbons (Fsp3) is 0.417. The predicted octanol–water partition coefficient (Wildman–Crippen LogP) is 2.39. The zero-order valence-corrected chi connectivity index (χ0v) is 12.0. The highest BCUT2D eigenvalue weighted by atomic mass is 79.9. The van der Waals surface area contributed by atoms with Crippen LogP contribution in [0.2, 0.25) is 0 Å². The van der Waals surface area contributed by atoms with Crippen molar-refractivity contribution >= 4 is 27.9 Å². The lowest BCUT2D eigenvalue weighted by Gasteiger charge is -2.04. The number of hydrogen-bond acceptors (Lipinski definition) is 4. The molecule has 0 saturated carbocycles. The van der Waals surface area contributed by atoms with Gasteiger partial charge < -0.3 is 8.98 Å². The molecule has 1 N–H and O–H groups in total. The van der Waals surface area contributed by atoms with Gasteiger partial charge >= 0.3 is 6.01 Å². The number of fused-ring (bicyclic) bond motifs is 1. The summed E-state index contributed by atoms with van der Waals surface area (Å²) < 4.78 is 7.70. The van der Waals surface area contributed by atoms with Crippen molar-refractivity contribution in [3.8, 4) is 0 Å². The number of amides is 1. The molecule has 0 aromatic carbocycles. The zero-order valence-electron chi connectivity index (χ0n) is 10.4. The molecule has 7 heteroatoms. The summed E-state index contributed by atoms with van der Waals surface area (Å²) in [6, 6.07) is 0.224. The molecule has 0 atom stereocenters. The summed E-state index contributed by atoms with van der Waals surface area (Å²) in [4.78, 5) is 20.8. The Morgan fingerprint density at radius 1 is 1.58 bits per heavy atom. The molecule has 0 aliphatic carbocycles. The van der Waals surface area contributed by atoms with E-state index >= 15 is 0 Å². The molecule has 0 fully saturated rings. The van der Waals surface area contributed by atoms with Crippen LogP contribution in [0.5, 0.6) is 0 Å². The van der Waals surface area contributed by atoms with Crippen LogP contribution in [-0.4, -0.2) is 20.4 Å². The Kier molecular flexibility index (Phi) is 3.14. The Hall–Kier alpha value is -1.63. The Bertz CT molecular complexity index is 632. The first-order valence-corrected chi connectivity index (χ1v) is 6.99. The van der Waals surface area contributed by atoms with E-state index in [0.29, 0.717) is 10.3 Å². The van der Waals surface area contributed by atoms with Gasteiger partial charge in [0.1, 0.15) is 22.4 Å². The van der Waals surface area contributed by atoms with Crippen molar-refractivity contribution in [3.63, 3.8) is 0 Å². The van der Waals surface area contributed by atoms with Crippen LogP contribution < -0.4 is 5.32 Å². The number of carbonyl (C=O) groups excluding carboxylic acids is 1. The fourth-order valence-electron chi connectivity index (χ4n) is 2.19. The number of rotatable bonds is 3. The average Bonchev–Trinajstić information content (AvgIpc) is 3.04. The molecule has 2 aromatic heterocycles. The van der Waals surface area contributed by atoms with Crippen molar-refractivity contribution in [2.75, 3.05) is 5.32 Å². The maximum Gasteiger partial charge on any atom is 0.301 e. The summed E-state index contributed by atoms with van der Waals surface area (Å²) in [6.07, 6.45) is 4.25. The van der Waals surface area contributed by atoms with E-state index in [0.717, 1.165) is 37.3 Å². The van der Waals surface area contributed by atoms with Crippen molar-refractivity contribution in [2.24, 2.45) is 0 Å². The number of anilines is 1. The largest absolute Gasteiger partial charge is 0.432 e. The highest BCUT2D eigenvalue weighted by molar-refractivity contribution is 9.10. The van der Waals surface area contributed by atoms with Gasteiger partial charge in [-0.15, -0.1) is 0 Å². The minimum Gasteiger partial charge on any atom is -0.432 e. The smallest absolute Gasteiger partial charge is 0.301 e. The summed E-state index contributed by atoms with van der Waals surface area (Å²) >= 11 is 3.33. The summed E-state index contributed by atoms with van der Waals surface area (Å²) in [6.45, 7) is 2.80. The second-order valence-electron chi connectivity index (χ2n) is 4.37. The highest BCUT2D eigenvalue weighted by Gasteiger charge is 2.25. The normalized spacial score (nSPS) is 13.6. The van der Waals surface area contributed by atoms with E-state index in [1.807, 2.05) is 11.5 Å². The van der Waals surface area contributed by atoms with E-state index < -0.39 is 0 Å². The van der Waals surface area contributed by atoms with Crippen molar-refractivity contribution in [3.05, 3.63) is 28.1 Å². The second kappa shape index (κ2) is 4.80. The Morgan fingerprint density at radius 2 is 2.42 bits per heavy atom. The van der Waals surface area contributed by atoms with Crippen LogP contribution >= 0.6 is 15.9 Å². The molecule has 100 valence electrons. The van der Waals surface area contributed by atoms with E-state index in [4.69, 9.17) is 4.42 Å². The molecule has 0 radical (unpaired) electrons. The zero-order chi connectivity index (χ0) is 13.4. The quantitative estimate of drug-likeness (QED) is 0.940. The molecule has 0 unspecified atom stereocenters. The van der Waals surface area contributed by atoms with Gasteiger partial charge in [0.15, 0.2) is 0 Å². The van der Waals surface area contributed by atoms with E-state index in [1.165, 1.54) is 0 Å². The van der Waals surface area contributed by atoms with Gasteiger partial charge in [-0.05, 0) is 28.8 Å². The van der Waals surface area contributed by atoms with Gasteiger partial charge in [0.2, 0.25) is 0 Å². The van der Waals surface area contributed by atoms with Crippen LogP contribution in [0.3, 0.4) is 0 Å². The van der Waals surface area contributed by atoms with Crippen LogP contribution in [0.15, 0.2) is 15.3 Å². The molecule has 3 heterocycles.